The molecule has 0 heterocycles. The van der Waals surface area contributed by atoms with Gasteiger partial charge in [0.05, 0.1) is 5.75 Å². The van der Waals surface area contributed by atoms with Crippen LogP contribution < -0.4 is 0 Å². The highest BCUT2D eigenvalue weighted by molar-refractivity contribution is 7.85. The minimum Gasteiger partial charge on any atom is -0.481 e. The molecule has 1 amide bonds. The van der Waals surface area contributed by atoms with Crippen molar-refractivity contribution in [2.24, 2.45) is 5.92 Å². The first-order chi connectivity index (χ1) is 20.4. The normalized spacial score (nSPS) is 11.4. The molecule has 9 heteroatoms. The van der Waals surface area contributed by atoms with Gasteiger partial charge in [0.1, 0.15) is 0 Å². The second-order valence-corrected chi connectivity index (χ2v) is 12.7. The summed E-state index contributed by atoms with van der Waals surface area (Å²) in [5.41, 5.74) is 5.55. The Balaban J connectivity index is 1.73. The summed E-state index contributed by atoms with van der Waals surface area (Å²) in [6.45, 7) is 4.25. The van der Waals surface area contributed by atoms with E-state index < -0.39 is 27.7 Å². The summed E-state index contributed by atoms with van der Waals surface area (Å²) in [5, 5.41) is 8.97. The largest absolute Gasteiger partial charge is 0.481 e. The van der Waals surface area contributed by atoms with Gasteiger partial charge < -0.3 is 10.0 Å². The Labute approximate surface area is 254 Å². The number of ketones is 1. The third-order valence-corrected chi connectivity index (χ3v) is 8.33. The number of benzene rings is 3. The van der Waals surface area contributed by atoms with Crippen LogP contribution in [0.2, 0.25) is 0 Å². The number of carboxylic acid groups (broad SMARTS) is 1. The summed E-state index contributed by atoms with van der Waals surface area (Å²) in [7, 11) is -4.19. The fraction of sp³-hybridized carbons (Fsp3) is 0.382. The standard InChI is InChI=1S/C34H41NO7S/c1-25-6-10-27(11-7-25)14-16-29(17-15-28-12-8-26(2)9-13-28)33(38)30-18-20-31(21-19-30)34(39)35(22-3-5-32(36)37)23-4-24-43(40,41)42/h6-13,18-21,29H,3-5,14-17,22-24H2,1-2H3,(H,36,37)(H,40,41,42). The molecule has 3 aromatic carbocycles. The van der Waals surface area contributed by atoms with Crippen molar-refractivity contribution < 1.29 is 32.5 Å². The molecule has 0 aromatic heterocycles. The quantitative estimate of drug-likeness (QED) is 0.143. The van der Waals surface area contributed by atoms with Gasteiger partial charge in [0, 0.05) is 36.6 Å². The summed E-state index contributed by atoms with van der Waals surface area (Å²) in [6, 6.07) is 23.1. The number of Topliss-reactive ketones (excluding diaryl/α,β-unsaturated/α-hetero) is 1. The molecule has 2 N–H and O–H groups in total. The Morgan fingerprint density at radius 2 is 1.19 bits per heavy atom. The Bertz CT molecular complexity index is 1420. The van der Waals surface area contributed by atoms with Crippen molar-refractivity contribution in [2.75, 3.05) is 18.8 Å². The van der Waals surface area contributed by atoms with Gasteiger partial charge in [-0.15, -0.1) is 0 Å². The number of carbonyl (C=O) groups excluding carboxylic acids is 2. The first-order valence-electron chi connectivity index (χ1n) is 14.6. The Morgan fingerprint density at radius 3 is 1.65 bits per heavy atom. The molecule has 3 aromatic rings. The molecular formula is C34H41NO7S. The Hall–Kier alpha value is -3.82. The summed E-state index contributed by atoms with van der Waals surface area (Å²) in [6.07, 6.45) is 3.01. The molecule has 0 unspecified atom stereocenters. The molecule has 0 fully saturated rings. The molecule has 43 heavy (non-hydrogen) atoms. The van der Waals surface area contributed by atoms with Gasteiger partial charge in [-0.05, 0) is 75.6 Å². The molecule has 0 saturated carbocycles. The maximum Gasteiger partial charge on any atom is 0.303 e. The monoisotopic (exact) mass is 607 g/mol. The number of nitrogens with zero attached hydrogens (tertiary/aromatic N) is 1. The smallest absolute Gasteiger partial charge is 0.303 e. The molecule has 0 radical (unpaired) electrons. The minimum atomic E-state index is -4.19. The highest BCUT2D eigenvalue weighted by Crippen LogP contribution is 2.23. The van der Waals surface area contributed by atoms with Crippen LogP contribution in [0.4, 0.5) is 0 Å². The van der Waals surface area contributed by atoms with Gasteiger partial charge in [-0.3, -0.25) is 18.9 Å². The molecule has 8 nitrogen and oxygen atoms in total. The highest BCUT2D eigenvalue weighted by atomic mass is 32.2. The van der Waals surface area contributed by atoms with Crippen LogP contribution in [-0.4, -0.2) is 59.5 Å². The number of carboxylic acids is 1. The number of aliphatic carboxylic acids is 1. The van der Waals surface area contributed by atoms with E-state index in [0.717, 1.165) is 12.8 Å². The van der Waals surface area contributed by atoms with E-state index in [9.17, 15) is 22.8 Å². The summed E-state index contributed by atoms with van der Waals surface area (Å²) >= 11 is 0. The zero-order chi connectivity index (χ0) is 31.4. The maximum absolute atomic E-state index is 13.7. The van der Waals surface area contributed by atoms with Crippen LogP contribution >= 0.6 is 0 Å². The Morgan fingerprint density at radius 1 is 0.721 bits per heavy atom. The van der Waals surface area contributed by atoms with Crippen LogP contribution in [0.1, 0.15) is 75.1 Å². The first kappa shape index (κ1) is 33.7. The molecule has 0 aliphatic carbocycles. The number of rotatable bonds is 17. The minimum absolute atomic E-state index is 0.0118. The van der Waals surface area contributed by atoms with E-state index in [4.69, 9.17) is 9.66 Å². The lowest BCUT2D eigenvalue weighted by molar-refractivity contribution is -0.137. The summed E-state index contributed by atoms with van der Waals surface area (Å²) in [5.74, 6) is -2.08. The van der Waals surface area contributed by atoms with Gasteiger partial charge >= 0.3 is 5.97 Å². The molecule has 0 aliphatic heterocycles. The van der Waals surface area contributed by atoms with Crippen molar-refractivity contribution >= 4 is 27.8 Å². The molecule has 0 spiro atoms. The van der Waals surface area contributed by atoms with Crippen LogP contribution in [0.25, 0.3) is 0 Å². The highest BCUT2D eigenvalue weighted by Gasteiger charge is 2.22. The number of aryl methyl sites for hydroxylation is 4. The van der Waals surface area contributed by atoms with Gasteiger partial charge in [-0.2, -0.15) is 8.42 Å². The molecule has 0 bridgehead atoms. The van der Waals surface area contributed by atoms with E-state index in [0.29, 0.717) is 24.0 Å². The number of hydrogen-bond acceptors (Lipinski definition) is 5. The lowest BCUT2D eigenvalue weighted by atomic mass is 9.86. The molecule has 0 atom stereocenters. The predicted molar refractivity (Wildman–Crippen MR) is 167 cm³/mol. The van der Waals surface area contributed by atoms with Gasteiger partial charge in [-0.1, -0.05) is 71.8 Å². The zero-order valence-electron chi connectivity index (χ0n) is 24.9. The number of hydrogen-bond donors (Lipinski definition) is 2. The van der Waals surface area contributed by atoms with Crippen LogP contribution in [0, 0.1) is 19.8 Å². The van der Waals surface area contributed by atoms with Crippen LogP contribution in [0.3, 0.4) is 0 Å². The molecule has 0 saturated heterocycles. The number of amides is 1. The average Bonchev–Trinajstić information content (AvgIpc) is 2.97. The molecule has 230 valence electrons. The third-order valence-electron chi connectivity index (χ3n) is 7.53. The van der Waals surface area contributed by atoms with E-state index in [1.807, 2.05) is 13.8 Å². The van der Waals surface area contributed by atoms with Crippen LogP contribution in [-0.2, 0) is 27.8 Å². The number of carbonyl (C=O) groups is 3. The van der Waals surface area contributed by atoms with Crippen LogP contribution in [0.5, 0.6) is 0 Å². The lowest BCUT2D eigenvalue weighted by Crippen LogP contribution is -2.34. The fourth-order valence-corrected chi connectivity index (χ4v) is 5.46. The third kappa shape index (κ3) is 11.8. The molecular weight excluding hydrogens is 566 g/mol. The average molecular weight is 608 g/mol. The van der Waals surface area contributed by atoms with Crippen molar-refractivity contribution in [1.29, 1.82) is 0 Å². The van der Waals surface area contributed by atoms with Crippen molar-refractivity contribution in [3.8, 4) is 0 Å². The fourth-order valence-electron chi connectivity index (χ4n) is 4.97. The van der Waals surface area contributed by atoms with E-state index in [1.165, 1.54) is 27.2 Å². The van der Waals surface area contributed by atoms with E-state index >= 15 is 0 Å². The van der Waals surface area contributed by atoms with Crippen molar-refractivity contribution in [3.63, 3.8) is 0 Å². The van der Waals surface area contributed by atoms with Gasteiger partial charge in [0.2, 0.25) is 0 Å². The van der Waals surface area contributed by atoms with Gasteiger partial charge in [-0.25, -0.2) is 0 Å². The van der Waals surface area contributed by atoms with Crippen molar-refractivity contribution in [2.45, 2.75) is 58.8 Å². The van der Waals surface area contributed by atoms with Crippen LogP contribution in [0.15, 0.2) is 72.8 Å². The van der Waals surface area contributed by atoms with Gasteiger partial charge in [0.25, 0.3) is 16.0 Å². The summed E-state index contributed by atoms with van der Waals surface area (Å²) < 4.78 is 31.3. The SMILES string of the molecule is Cc1ccc(CCC(CCc2ccc(C)cc2)C(=O)c2ccc(C(=O)N(CCCC(=O)O)CCCS(=O)(=O)O)cc2)cc1. The predicted octanol–water partition coefficient (Wildman–Crippen LogP) is 5.95. The van der Waals surface area contributed by atoms with E-state index in [-0.39, 0.29) is 44.1 Å². The Kier molecular flexibility index (Phi) is 12.6. The second kappa shape index (κ2) is 16.1. The summed E-state index contributed by atoms with van der Waals surface area (Å²) in [4.78, 5) is 39.3. The van der Waals surface area contributed by atoms with Crippen molar-refractivity contribution in [1.82, 2.24) is 4.90 Å². The molecule has 0 aliphatic rings. The van der Waals surface area contributed by atoms with E-state index in [2.05, 4.69) is 48.5 Å². The molecule has 3 rings (SSSR count). The van der Waals surface area contributed by atoms with E-state index in [1.54, 1.807) is 24.3 Å². The maximum atomic E-state index is 13.7. The first-order valence-corrected chi connectivity index (χ1v) is 16.2. The topological polar surface area (TPSA) is 129 Å². The lowest BCUT2D eigenvalue weighted by Gasteiger charge is -2.23. The zero-order valence-corrected chi connectivity index (χ0v) is 25.7. The van der Waals surface area contributed by atoms with Crippen molar-refractivity contribution in [3.05, 3.63) is 106 Å². The van der Waals surface area contributed by atoms with Gasteiger partial charge in [0.15, 0.2) is 5.78 Å². The second-order valence-electron chi connectivity index (χ2n) is 11.1.